The van der Waals surface area contributed by atoms with Crippen LogP contribution in [0.2, 0.25) is 4.34 Å². The average Bonchev–Trinajstić information content (AvgIpc) is 3.27. The number of benzene rings is 1. The van der Waals surface area contributed by atoms with Gasteiger partial charge in [0.2, 0.25) is 5.82 Å². The van der Waals surface area contributed by atoms with Crippen LogP contribution < -0.4 is 9.80 Å². The summed E-state index contributed by atoms with van der Waals surface area (Å²) in [5, 5.41) is 4.11. The van der Waals surface area contributed by atoms with Crippen LogP contribution in [-0.2, 0) is 13.1 Å². The lowest BCUT2D eigenvalue weighted by atomic mass is 10.2. The molecule has 2 aromatic heterocycles. The second-order valence-corrected chi connectivity index (χ2v) is 8.24. The van der Waals surface area contributed by atoms with E-state index in [1.54, 1.807) is 16.2 Å². The Morgan fingerprint density at radius 3 is 2.36 bits per heavy atom. The maximum absolute atomic E-state index is 6.02. The van der Waals surface area contributed by atoms with Gasteiger partial charge < -0.3 is 14.3 Å². The van der Waals surface area contributed by atoms with Crippen LogP contribution in [0.15, 0.2) is 47.0 Å². The molecule has 4 rings (SSSR count). The van der Waals surface area contributed by atoms with Crippen LogP contribution in [0.4, 0.5) is 0 Å². The molecule has 0 amide bonds. The molecule has 0 atom stereocenters. The zero-order chi connectivity index (χ0) is 17.1. The minimum atomic E-state index is 0.675. The van der Waals surface area contributed by atoms with E-state index >= 15 is 0 Å². The van der Waals surface area contributed by atoms with Crippen LogP contribution in [0, 0.1) is 0 Å². The summed E-state index contributed by atoms with van der Waals surface area (Å²) >= 11 is 7.71. The molecule has 3 aromatic rings. The average molecular weight is 377 g/mol. The fraction of sp³-hybridized carbons (Fsp3) is 0.333. The van der Waals surface area contributed by atoms with E-state index in [0.717, 1.165) is 55.1 Å². The molecule has 130 valence electrons. The van der Waals surface area contributed by atoms with Crippen molar-refractivity contribution in [2.75, 3.05) is 26.2 Å². The zero-order valence-electron chi connectivity index (χ0n) is 13.9. The van der Waals surface area contributed by atoms with Gasteiger partial charge in [-0.05, 0) is 12.1 Å². The number of hydrogen-bond donors (Lipinski definition) is 2. The fourth-order valence-corrected chi connectivity index (χ4v) is 4.41. The van der Waals surface area contributed by atoms with Crippen LogP contribution in [0.3, 0.4) is 0 Å². The number of nitrogens with one attached hydrogen (secondary N) is 2. The maximum Gasteiger partial charge on any atom is 0.282 e. The van der Waals surface area contributed by atoms with Gasteiger partial charge >= 0.3 is 0 Å². The summed E-state index contributed by atoms with van der Waals surface area (Å²) in [7, 11) is 0. The summed E-state index contributed by atoms with van der Waals surface area (Å²) in [6.07, 6.45) is 0. The lowest BCUT2D eigenvalue weighted by Gasteiger charge is -2.28. The van der Waals surface area contributed by atoms with Crippen LogP contribution in [0.5, 0.6) is 0 Å². The number of piperazine rings is 1. The van der Waals surface area contributed by atoms with Gasteiger partial charge in [0.1, 0.15) is 32.7 Å². The third-order valence-corrected chi connectivity index (χ3v) is 5.85. The van der Waals surface area contributed by atoms with E-state index in [1.165, 1.54) is 9.78 Å². The third kappa shape index (κ3) is 4.27. The molecule has 0 spiro atoms. The fourth-order valence-electron chi connectivity index (χ4n) is 3.25. The summed E-state index contributed by atoms with van der Waals surface area (Å²) in [6.45, 7) is 6.44. The summed E-state index contributed by atoms with van der Waals surface area (Å²) < 4.78 is 6.32. The van der Waals surface area contributed by atoms with Crippen molar-refractivity contribution in [1.82, 2.24) is 10.1 Å². The van der Waals surface area contributed by atoms with E-state index in [9.17, 15) is 0 Å². The number of thiophene rings is 1. The Morgan fingerprint density at radius 2 is 1.68 bits per heavy atom. The normalized spacial score (nSPS) is 20.7. The molecule has 1 fully saturated rings. The predicted molar refractivity (Wildman–Crippen MR) is 97.9 cm³/mol. The molecule has 2 N–H and O–H groups in total. The molecule has 25 heavy (non-hydrogen) atoms. The first-order valence-corrected chi connectivity index (χ1v) is 9.75. The van der Waals surface area contributed by atoms with E-state index in [2.05, 4.69) is 16.2 Å². The molecular weight excluding hydrogens is 356 g/mol. The van der Waals surface area contributed by atoms with Gasteiger partial charge in [0, 0.05) is 5.56 Å². The molecule has 1 saturated heterocycles. The Hall–Kier alpha value is -1.73. The zero-order valence-corrected chi connectivity index (χ0v) is 15.4. The molecule has 1 aromatic carbocycles. The molecule has 0 radical (unpaired) electrons. The quantitative estimate of drug-likeness (QED) is 0.696. The van der Waals surface area contributed by atoms with Crippen LogP contribution in [-0.4, -0.2) is 36.3 Å². The Balaban J connectivity index is 1.29. The highest BCUT2D eigenvalue weighted by molar-refractivity contribution is 7.16. The van der Waals surface area contributed by atoms with Crippen molar-refractivity contribution in [1.29, 1.82) is 0 Å². The molecule has 1 aliphatic heterocycles. The highest BCUT2D eigenvalue weighted by Gasteiger charge is 2.25. The largest absolute Gasteiger partial charge is 0.333 e. The molecule has 0 bridgehead atoms. The Labute approximate surface area is 155 Å². The topological polar surface area (TPSA) is 47.8 Å². The van der Waals surface area contributed by atoms with E-state index in [4.69, 9.17) is 16.1 Å². The van der Waals surface area contributed by atoms with Crippen LogP contribution in [0.1, 0.15) is 10.8 Å². The SMILES string of the molecule is Clc1ccc(C[NH+]2CC[NH+](Cc3nc(-c4ccccc4)no3)CC2)s1. The number of nitrogens with zero attached hydrogens (tertiary/aromatic N) is 2. The molecule has 0 aliphatic carbocycles. The van der Waals surface area contributed by atoms with Crippen molar-refractivity contribution < 1.29 is 14.3 Å². The van der Waals surface area contributed by atoms with E-state index in [1.807, 2.05) is 36.4 Å². The van der Waals surface area contributed by atoms with Gasteiger partial charge in [-0.25, -0.2) is 0 Å². The van der Waals surface area contributed by atoms with Gasteiger partial charge in [0.05, 0.1) is 9.21 Å². The lowest BCUT2D eigenvalue weighted by Crippen LogP contribution is -3.27. The molecule has 5 nitrogen and oxygen atoms in total. The minimum Gasteiger partial charge on any atom is -0.333 e. The van der Waals surface area contributed by atoms with Crippen molar-refractivity contribution in [2.24, 2.45) is 0 Å². The van der Waals surface area contributed by atoms with E-state index in [-0.39, 0.29) is 0 Å². The summed E-state index contributed by atoms with van der Waals surface area (Å²) in [5.41, 5.74) is 0.997. The van der Waals surface area contributed by atoms with Gasteiger partial charge in [-0.1, -0.05) is 47.1 Å². The van der Waals surface area contributed by atoms with Gasteiger partial charge in [-0.15, -0.1) is 11.3 Å². The van der Waals surface area contributed by atoms with Gasteiger partial charge in [0.25, 0.3) is 5.89 Å². The molecule has 1 aliphatic rings. The second-order valence-electron chi connectivity index (χ2n) is 6.44. The van der Waals surface area contributed by atoms with Crippen molar-refractivity contribution in [3.63, 3.8) is 0 Å². The Kier molecular flexibility index (Phi) is 5.12. The third-order valence-electron chi connectivity index (χ3n) is 4.62. The highest BCUT2D eigenvalue weighted by Crippen LogP contribution is 2.20. The number of quaternary nitrogens is 2. The number of aromatic nitrogens is 2. The first-order valence-electron chi connectivity index (χ1n) is 8.55. The number of hydrogen-bond acceptors (Lipinski definition) is 4. The predicted octanol–water partition coefficient (Wildman–Crippen LogP) is 0.935. The van der Waals surface area contributed by atoms with Crippen LogP contribution >= 0.6 is 22.9 Å². The molecule has 3 heterocycles. The van der Waals surface area contributed by atoms with E-state index in [0.29, 0.717) is 5.82 Å². The van der Waals surface area contributed by atoms with Gasteiger partial charge in [-0.2, -0.15) is 4.98 Å². The highest BCUT2D eigenvalue weighted by atomic mass is 35.5. The Bertz CT molecular complexity index is 811. The number of halogens is 1. The summed E-state index contributed by atoms with van der Waals surface area (Å²) in [5.74, 6) is 1.40. The van der Waals surface area contributed by atoms with Crippen molar-refractivity contribution in [3.8, 4) is 11.4 Å². The maximum atomic E-state index is 6.02. The lowest BCUT2D eigenvalue weighted by molar-refractivity contribution is -1.02. The first-order chi connectivity index (χ1) is 12.3. The summed E-state index contributed by atoms with van der Waals surface area (Å²) in [4.78, 5) is 9.05. The smallest absolute Gasteiger partial charge is 0.282 e. The van der Waals surface area contributed by atoms with Crippen LogP contribution in [0.25, 0.3) is 11.4 Å². The molecule has 7 heteroatoms. The number of rotatable bonds is 5. The minimum absolute atomic E-state index is 0.675. The van der Waals surface area contributed by atoms with Crippen molar-refractivity contribution in [3.05, 3.63) is 57.6 Å². The monoisotopic (exact) mass is 376 g/mol. The molecular formula is C18H21ClN4OS+2. The molecule has 0 unspecified atom stereocenters. The van der Waals surface area contributed by atoms with Gasteiger partial charge in [0.15, 0.2) is 6.54 Å². The second kappa shape index (κ2) is 7.66. The Morgan fingerprint density at radius 1 is 0.960 bits per heavy atom. The first kappa shape index (κ1) is 16.7. The molecule has 0 saturated carbocycles. The standard InChI is InChI=1S/C18H19ClN4OS/c19-16-7-6-15(25-16)12-22-8-10-23(11-9-22)13-17-20-18(21-24-17)14-4-2-1-3-5-14/h1-7H,8-13H2/p+2. The van der Waals surface area contributed by atoms with E-state index < -0.39 is 0 Å². The van der Waals surface area contributed by atoms with Crippen molar-refractivity contribution in [2.45, 2.75) is 13.1 Å². The van der Waals surface area contributed by atoms with Gasteiger partial charge in [-0.3, -0.25) is 0 Å². The van der Waals surface area contributed by atoms with Crippen molar-refractivity contribution >= 4 is 22.9 Å². The summed E-state index contributed by atoms with van der Waals surface area (Å²) in [6, 6.07) is 14.1.